The fourth-order valence-electron chi connectivity index (χ4n) is 2.55. The lowest BCUT2D eigenvalue weighted by Crippen LogP contribution is -2.54. The first-order valence-electron chi connectivity index (χ1n) is 6.54. The predicted molar refractivity (Wildman–Crippen MR) is 63.8 cm³/mol. The van der Waals surface area contributed by atoms with E-state index in [-0.39, 0.29) is 11.9 Å². The van der Waals surface area contributed by atoms with Crippen LogP contribution in [0.25, 0.3) is 0 Å². The summed E-state index contributed by atoms with van der Waals surface area (Å²) in [6, 6.07) is 0.0191. The van der Waals surface area contributed by atoms with Crippen LogP contribution < -0.4 is 10.7 Å². The van der Waals surface area contributed by atoms with Gasteiger partial charge in [-0.3, -0.25) is 10.2 Å². The van der Waals surface area contributed by atoms with Crippen LogP contribution in [-0.4, -0.2) is 36.6 Å². The van der Waals surface area contributed by atoms with Crippen LogP contribution in [-0.2, 0) is 4.79 Å². The highest BCUT2D eigenvalue weighted by Crippen LogP contribution is 2.15. The molecule has 0 aromatic carbocycles. The summed E-state index contributed by atoms with van der Waals surface area (Å²) < 4.78 is 0. The van der Waals surface area contributed by atoms with Crippen LogP contribution in [0.2, 0.25) is 0 Å². The molecule has 2 fully saturated rings. The Morgan fingerprint density at radius 1 is 1.31 bits per heavy atom. The number of hydrogen-bond donors (Lipinski definition) is 2. The van der Waals surface area contributed by atoms with E-state index in [1.54, 1.807) is 0 Å². The Hall–Kier alpha value is -0.610. The summed E-state index contributed by atoms with van der Waals surface area (Å²) in [6.45, 7) is 5.21. The zero-order chi connectivity index (χ0) is 11.4. The van der Waals surface area contributed by atoms with Gasteiger partial charge in [-0.1, -0.05) is 13.3 Å². The van der Waals surface area contributed by atoms with Gasteiger partial charge in [0.2, 0.25) is 0 Å². The maximum absolute atomic E-state index is 12.0. The van der Waals surface area contributed by atoms with E-state index in [4.69, 9.17) is 0 Å². The molecule has 2 aliphatic heterocycles. The lowest BCUT2D eigenvalue weighted by molar-refractivity contribution is -0.129. The van der Waals surface area contributed by atoms with Crippen molar-refractivity contribution < 1.29 is 4.79 Å². The van der Waals surface area contributed by atoms with Crippen molar-refractivity contribution in [3.8, 4) is 0 Å². The van der Waals surface area contributed by atoms with Gasteiger partial charge in [0.05, 0.1) is 6.04 Å². The van der Waals surface area contributed by atoms with E-state index in [0.717, 1.165) is 26.1 Å². The molecule has 2 N–H and O–H groups in total. The third kappa shape index (κ3) is 3.19. The minimum absolute atomic E-state index is 0.0191. The van der Waals surface area contributed by atoms with Crippen molar-refractivity contribution >= 4 is 5.91 Å². The number of rotatable bonds is 2. The Morgan fingerprint density at radius 2 is 2.06 bits per heavy atom. The van der Waals surface area contributed by atoms with E-state index in [0.29, 0.717) is 5.92 Å². The Kier molecular flexibility index (Phi) is 4.18. The summed E-state index contributed by atoms with van der Waals surface area (Å²) in [5.74, 6) is 0.826. The van der Waals surface area contributed by atoms with Gasteiger partial charge in [0.25, 0.3) is 5.91 Å². The average molecular weight is 225 g/mol. The van der Waals surface area contributed by atoms with Gasteiger partial charge in [0, 0.05) is 13.1 Å². The van der Waals surface area contributed by atoms with Crippen molar-refractivity contribution in [2.45, 2.75) is 45.1 Å². The second-order valence-corrected chi connectivity index (χ2v) is 5.16. The van der Waals surface area contributed by atoms with Gasteiger partial charge in [-0.2, -0.15) is 0 Å². The van der Waals surface area contributed by atoms with E-state index < -0.39 is 0 Å². The zero-order valence-corrected chi connectivity index (χ0v) is 10.2. The second-order valence-electron chi connectivity index (χ2n) is 5.16. The minimum atomic E-state index is 0.0191. The van der Waals surface area contributed by atoms with Crippen LogP contribution in [0.15, 0.2) is 0 Å². The SMILES string of the molecule is CC1CCNC(C(=O)NN2CCCCC2)C1. The predicted octanol–water partition coefficient (Wildman–Crippen LogP) is 0.892. The largest absolute Gasteiger partial charge is 0.306 e. The molecule has 1 amide bonds. The summed E-state index contributed by atoms with van der Waals surface area (Å²) in [5.41, 5.74) is 3.04. The smallest absolute Gasteiger partial charge is 0.251 e. The molecule has 2 unspecified atom stereocenters. The van der Waals surface area contributed by atoms with Crippen LogP contribution in [0.3, 0.4) is 0 Å². The van der Waals surface area contributed by atoms with Gasteiger partial charge in [-0.25, -0.2) is 5.01 Å². The Morgan fingerprint density at radius 3 is 2.75 bits per heavy atom. The van der Waals surface area contributed by atoms with Gasteiger partial charge in [0.15, 0.2) is 0 Å². The van der Waals surface area contributed by atoms with Crippen LogP contribution in [0.1, 0.15) is 39.0 Å². The number of carbonyl (C=O) groups excluding carboxylic acids is 1. The Labute approximate surface area is 97.7 Å². The molecule has 2 rings (SSSR count). The number of nitrogens with one attached hydrogen (secondary N) is 2. The molecule has 0 aliphatic carbocycles. The first-order chi connectivity index (χ1) is 7.75. The minimum Gasteiger partial charge on any atom is -0.306 e. The molecular formula is C12H23N3O. The third-order valence-corrected chi connectivity index (χ3v) is 3.61. The summed E-state index contributed by atoms with van der Waals surface area (Å²) in [5, 5.41) is 5.38. The molecular weight excluding hydrogens is 202 g/mol. The second kappa shape index (κ2) is 5.64. The molecule has 2 aliphatic rings. The molecule has 2 saturated heterocycles. The van der Waals surface area contributed by atoms with Crippen LogP contribution in [0.4, 0.5) is 0 Å². The number of piperidine rings is 2. The van der Waals surface area contributed by atoms with Crippen molar-refractivity contribution in [2.75, 3.05) is 19.6 Å². The Balaban J connectivity index is 1.77. The van der Waals surface area contributed by atoms with E-state index in [2.05, 4.69) is 22.7 Å². The topological polar surface area (TPSA) is 44.4 Å². The lowest BCUT2D eigenvalue weighted by atomic mass is 9.94. The molecule has 0 aromatic rings. The standard InChI is InChI=1S/C12H23N3O/c1-10-5-6-13-11(9-10)12(16)14-15-7-3-2-4-8-15/h10-11,13H,2-9H2,1H3,(H,14,16). The van der Waals surface area contributed by atoms with Gasteiger partial charge in [0.1, 0.15) is 0 Å². The fraction of sp³-hybridized carbons (Fsp3) is 0.917. The fourth-order valence-corrected chi connectivity index (χ4v) is 2.55. The summed E-state index contributed by atoms with van der Waals surface area (Å²) in [6.07, 6.45) is 5.86. The monoisotopic (exact) mass is 225 g/mol. The number of carbonyl (C=O) groups is 1. The Bertz CT molecular complexity index is 238. The summed E-state index contributed by atoms with van der Waals surface area (Å²) in [4.78, 5) is 12.0. The molecule has 0 aromatic heterocycles. The molecule has 16 heavy (non-hydrogen) atoms. The average Bonchev–Trinajstić information content (AvgIpc) is 2.30. The first kappa shape index (κ1) is 11.9. The van der Waals surface area contributed by atoms with Crippen LogP contribution in [0, 0.1) is 5.92 Å². The zero-order valence-electron chi connectivity index (χ0n) is 10.2. The number of hydrogen-bond acceptors (Lipinski definition) is 3. The number of amides is 1. The molecule has 0 bridgehead atoms. The quantitative estimate of drug-likeness (QED) is 0.733. The van der Waals surface area contributed by atoms with Crippen molar-refractivity contribution in [3.05, 3.63) is 0 Å². The van der Waals surface area contributed by atoms with Crippen molar-refractivity contribution in [1.29, 1.82) is 0 Å². The van der Waals surface area contributed by atoms with Crippen molar-refractivity contribution in [2.24, 2.45) is 5.92 Å². The molecule has 0 saturated carbocycles. The maximum Gasteiger partial charge on any atom is 0.251 e. The molecule has 4 heteroatoms. The highest BCUT2D eigenvalue weighted by atomic mass is 16.2. The molecule has 2 heterocycles. The lowest BCUT2D eigenvalue weighted by Gasteiger charge is -2.32. The summed E-state index contributed by atoms with van der Waals surface area (Å²) in [7, 11) is 0. The van der Waals surface area contributed by atoms with Gasteiger partial charge >= 0.3 is 0 Å². The third-order valence-electron chi connectivity index (χ3n) is 3.61. The van der Waals surface area contributed by atoms with Crippen LogP contribution in [0.5, 0.6) is 0 Å². The molecule has 4 nitrogen and oxygen atoms in total. The van der Waals surface area contributed by atoms with Gasteiger partial charge in [-0.15, -0.1) is 0 Å². The highest BCUT2D eigenvalue weighted by molar-refractivity contribution is 5.81. The molecule has 0 spiro atoms. The molecule has 2 atom stereocenters. The summed E-state index contributed by atoms with van der Waals surface area (Å²) >= 11 is 0. The number of hydrazine groups is 1. The number of nitrogens with zero attached hydrogens (tertiary/aromatic N) is 1. The van der Waals surface area contributed by atoms with Crippen molar-refractivity contribution in [3.63, 3.8) is 0 Å². The first-order valence-corrected chi connectivity index (χ1v) is 6.54. The van der Waals surface area contributed by atoms with E-state index in [1.807, 2.05) is 0 Å². The van der Waals surface area contributed by atoms with E-state index in [1.165, 1.54) is 25.7 Å². The van der Waals surface area contributed by atoms with E-state index >= 15 is 0 Å². The van der Waals surface area contributed by atoms with E-state index in [9.17, 15) is 4.79 Å². The van der Waals surface area contributed by atoms with Gasteiger partial charge < -0.3 is 5.32 Å². The highest BCUT2D eigenvalue weighted by Gasteiger charge is 2.25. The normalized spacial score (nSPS) is 32.3. The van der Waals surface area contributed by atoms with Gasteiger partial charge in [-0.05, 0) is 38.1 Å². The van der Waals surface area contributed by atoms with Crippen molar-refractivity contribution in [1.82, 2.24) is 15.8 Å². The molecule has 0 radical (unpaired) electrons. The van der Waals surface area contributed by atoms with Crippen LogP contribution >= 0.6 is 0 Å². The molecule has 92 valence electrons. The maximum atomic E-state index is 12.0.